The molecule has 5 aromatic rings. The number of anilines is 5. The van der Waals surface area contributed by atoms with Crippen LogP contribution in [0, 0.1) is 0 Å². The van der Waals surface area contributed by atoms with Crippen LogP contribution in [-0.4, -0.2) is 19.3 Å². The maximum Gasteiger partial charge on any atom is 0.0652 e. The summed E-state index contributed by atoms with van der Waals surface area (Å²) >= 11 is 0. The second kappa shape index (κ2) is 13.1. The monoisotopic (exact) mass is 510 g/mol. The van der Waals surface area contributed by atoms with Gasteiger partial charge in [0.1, 0.15) is 0 Å². The van der Waals surface area contributed by atoms with Crippen molar-refractivity contribution in [1.82, 2.24) is 0 Å². The molecule has 194 valence electrons. The lowest BCUT2D eigenvalue weighted by Gasteiger charge is -2.23. The SMILES string of the molecule is CCN(c1ccccc1)c1ccc(CCNc2ccc(C=NN(c3ccccc3)c3ccccc3)cc2)cc1. The van der Waals surface area contributed by atoms with Crippen LogP contribution in [0.15, 0.2) is 145 Å². The van der Waals surface area contributed by atoms with E-state index < -0.39 is 0 Å². The van der Waals surface area contributed by atoms with E-state index in [1.54, 1.807) is 0 Å². The van der Waals surface area contributed by atoms with E-state index in [1.807, 2.05) is 47.6 Å². The molecule has 0 saturated carbocycles. The van der Waals surface area contributed by atoms with E-state index in [1.165, 1.54) is 16.9 Å². The molecule has 0 aliphatic heterocycles. The van der Waals surface area contributed by atoms with Gasteiger partial charge in [-0.05, 0) is 85.1 Å². The molecular weight excluding hydrogens is 476 g/mol. The van der Waals surface area contributed by atoms with Gasteiger partial charge in [0.15, 0.2) is 0 Å². The lowest BCUT2D eigenvalue weighted by molar-refractivity contribution is 1.00. The number of hydrogen-bond acceptors (Lipinski definition) is 4. The minimum atomic E-state index is 0.874. The highest BCUT2D eigenvalue weighted by Gasteiger charge is 2.08. The van der Waals surface area contributed by atoms with E-state index >= 15 is 0 Å². The fourth-order valence-corrected chi connectivity index (χ4v) is 4.55. The van der Waals surface area contributed by atoms with Gasteiger partial charge >= 0.3 is 0 Å². The normalized spacial score (nSPS) is 10.9. The lowest BCUT2D eigenvalue weighted by atomic mass is 10.1. The average molecular weight is 511 g/mol. The number of benzene rings is 5. The first-order valence-corrected chi connectivity index (χ1v) is 13.5. The third kappa shape index (κ3) is 6.93. The van der Waals surface area contributed by atoms with Crippen LogP contribution in [0.25, 0.3) is 0 Å². The predicted molar refractivity (Wildman–Crippen MR) is 167 cm³/mol. The molecule has 1 N–H and O–H groups in total. The smallest absolute Gasteiger partial charge is 0.0652 e. The van der Waals surface area contributed by atoms with E-state index in [0.29, 0.717) is 0 Å². The van der Waals surface area contributed by atoms with Gasteiger partial charge in [-0.25, -0.2) is 5.01 Å². The Labute approximate surface area is 231 Å². The summed E-state index contributed by atoms with van der Waals surface area (Å²) in [6.45, 7) is 3.99. The number of hydrazone groups is 1. The zero-order chi connectivity index (χ0) is 26.7. The van der Waals surface area contributed by atoms with Crippen LogP contribution in [0.3, 0.4) is 0 Å². The molecule has 0 radical (unpaired) electrons. The van der Waals surface area contributed by atoms with Gasteiger partial charge in [0.05, 0.1) is 17.6 Å². The highest BCUT2D eigenvalue weighted by molar-refractivity contribution is 5.82. The standard InChI is InChI=1S/C35H34N4/c1-2-38(32-12-6-3-7-13-32)33-24-20-29(21-25-33)26-27-36-31-22-18-30(19-23-31)28-37-39(34-14-8-4-9-15-34)35-16-10-5-11-17-35/h3-25,28,36H,2,26-27H2,1H3. The van der Waals surface area contributed by atoms with Gasteiger partial charge in [-0.1, -0.05) is 78.9 Å². The average Bonchev–Trinajstić information content (AvgIpc) is 3.01. The molecule has 4 heteroatoms. The molecule has 4 nitrogen and oxygen atoms in total. The van der Waals surface area contributed by atoms with Crippen LogP contribution in [0.2, 0.25) is 0 Å². The highest BCUT2D eigenvalue weighted by atomic mass is 15.5. The second-order valence-electron chi connectivity index (χ2n) is 9.27. The Morgan fingerprint density at radius 1 is 0.590 bits per heavy atom. The molecule has 0 atom stereocenters. The van der Waals surface area contributed by atoms with E-state index in [4.69, 9.17) is 5.10 Å². The Morgan fingerprint density at radius 2 is 1.10 bits per heavy atom. The van der Waals surface area contributed by atoms with Gasteiger partial charge < -0.3 is 10.2 Å². The lowest BCUT2D eigenvalue weighted by Crippen LogP contribution is -2.15. The molecule has 0 unspecified atom stereocenters. The molecule has 0 heterocycles. The molecule has 0 aliphatic carbocycles. The van der Waals surface area contributed by atoms with E-state index in [0.717, 1.165) is 42.1 Å². The Bertz CT molecular complexity index is 1390. The fourth-order valence-electron chi connectivity index (χ4n) is 4.55. The molecule has 0 bridgehead atoms. The summed E-state index contributed by atoms with van der Waals surface area (Å²) in [7, 11) is 0. The zero-order valence-corrected chi connectivity index (χ0v) is 22.3. The van der Waals surface area contributed by atoms with Gasteiger partial charge in [-0.15, -0.1) is 0 Å². The molecule has 0 amide bonds. The molecule has 39 heavy (non-hydrogen) atoms. The summed E-state index contributed by atoms with van der Waals surface area (Å²) in [6.07, 6.45) is 2.87. The third-order valence-corrected chi connectivity index (χ3v) is 6.61. The molecular formula is C35H34N4. The fraction of sp³-hybridized carbons (Fsp3) is 0.114. The third-order valence-electron chi connectivity index (χ3n) is 6.61. The van der Waals surface area contributed by atoms with Gasteiger partial charge in [0.25, 0.3) is 0 Å². The summed E-state index contributed by atoms with van der Waals surface area (Å²) in [4.78, 5) is 2.33. The minimum absolute atomic E-state index is 0.874. The molecule has 0 saturated heterocycles. The van der Waals surface area contributed by atoms with Crippen LogP contribution in [0.4, 0.5) is 28.4 Å². The number of nitrogens with zero attached hydrogens (tertiary/aromatic N) is 3. The Balaban J connectivity index is 1.16. The molecule has 0 aromatic heterocycles. The van der Waals surface area contributed by atoms with Crippen molar-refractivity contribution in [2.24, 2.45) is 5.10 Å². The maximum absolute atomic E-state index is 4.80. The molecule has 5 aromatic carbocycles. The van der Waals surface area contributed by atoms with Crippen molar-refractivity contribution < 1.29 is 0 Å². The van der Waals surface area contributed by atoms with Gasteiger partial charge in [0.2, 0.25) is 0 Å². The number of hydrogen-bond donors (Lipinski definition) is 1. The highest BCUT2D eigenvalue weighted by Crippen LogP contribution is 2.26. The molecule has 0 aliphatic rings. The molecule has 0 fully saturated rings. The summed E-state index contributed by atoms with van der Waals surface area (Å²) in [5, 5.41) is 10.3. The first-order valence-electron chi connectivity index (χ1n) is 13.5. The van der Waals surface area contributed by atoms with E-state index in [2.05, 4.69) is 120 Å². The van der Waals surface area contributed by atoms with Crippen molar-refractivity contribution >= 4 is 34.7 Å². The predicted octanol–water partition coefficient (Wildman–Crippen LogP) is 8.67. The Hall–Kier alpha value is -4.83. The van der Waals surface area contributed by atoms with Crippen molar-refractivity contribution in [3.05, 3.63) is 151 Å². The topological polar surface area (TPSA) is 30.9 Å². The Morgan fingerprint density at radius 3 is 1.64 bits per heavy atom. The summed E-state index contributed by atoms with van der Waals surface area (Å²) in [5.74, 6) is 0. The van der Waals surface area contributed by atoms with Crippen LogP contribution in [-0.2, 0) is 6.42 Å². The number of rotatable bonds is 11. The maximum atomic E-state index is 4.80. The van der Waals surface area contributed by atoms with Crippen LogP contribution in [0.5, 0.6) is 0 Å². The van der Waals surface area contributed by atoms with Crippen molar-refractivity contribution in [3.63, 3.8) is 0 Å². The minimum Gasteiger partial charge on any atom is -0.385 e. The second-order valence-corrected chi connectivity index (χ2v) is 9.27. The van der Waals surface area contributed by atoms with E-state index in [9.17, 15) is 0 Å². The van der Waals surface area contributed by atoms with Gasteiger partial charge in [-0.3, -0.25) is 0 Å². The summed E-state index contributed by atoms with van der Waals surface area (Å²) < 4.78 is 0. The first-order chi connectivity index (χ1) is 19.3. The molecule has 0 spiro atoms. The Kier molecular flexibility index (Phi) is 8.67. The van der Waals surface area contributed by atoms with Crippen molar-refractivity contribution in [1.29, 1.82) is 0 Å². The van der Waals surface area contributed by atoms with Crippen LogP contribution >= 0.6 is 0 Å². The largest absolute Gasteiger partial charge is 0.385 e. The molecule has 5 rings (SSSR count). The first kappa shape index (κ1) is 25.8. The summed E-state index contributed by atoms with van der Waals surface area (Å²) in [6, 6.07) is 48.2. The number of para-hydroxylation sites is 3. The van der Waals surface area contributed by atoms with Gasteiger partial charge in [-0.2, -0.15) is 5.10 Å². The summed E-state index contributed by atoms with van der Waals surface area (Å²) in [5.41, 5.74) is 7.95. The van der Waals surface area contributed by atoms with Crippen molar-refractivity contribution in [2.45, 2.75) is 13.3 Å². The van der Waals surface area contributed by atoms with Gasteiger partial charge in [0, 0.05) is 30.2 Å². The van der Waals surface area contributed by atoms with Crippen LogP contribution in [0.1, 0.15) is 18.1 Å². The quantitative estimate of drug-likeness (QED) is 0.142. The van der Waals surface area contributed by atoms with Crippen molar-refractivity contribution in [3.8, 4) is 0 Å². The van der Waals surface area contributed by atoms with E-state index in [-0.39, 0.29) is 0 Å². The number of nitrogens with one attached hydrogen (secondary N) is 1. The van der Waals surface area contributed by atoms with Crippen LogP contribution < -0.4 is 15.2 Å². The van der Waals surface area contributed by atoms with Crippen molar-refractivity contribution in [2.75, 3.05) is 28.3 Å². The zero-order valence-electron chi connectivity index (χ0n) is 22.3.